The topological polar surface area (TPSA) is 79.5 Å². The van der Waals surface area contributed by atoms with E-state index in [0.717, 1.165) is 45.9 Å². The Bertz CT molecular complexity index is 1470. The van der Waals surface area contributed by atoms with Gasteiger partial charge in [0.1, 0.15) is 28.4 Å². The average molecular weight is 501 g/mol. The van der Waals surface area contributed by atoms with E-state index in [1.807, 2.05) is 36.4 Å². The minimum Gasteiger partial charge on any atom is -0.456 e. The average Bonchev–Trinajstić information content (AvgIpc) is 2.91. The van der Waals surface area contributed by atoms with Crippen LogP contribution in [0.4, 0.5) is 11.4 Å². The minimum absolute atomic E-state index is 0.0881. The first-order valence-corrected chi connectivity index (χ1v) is 12.3. The van der Waals surface area contributed by atoms with Crippen molar-refractivity contribution in [1.82, 2.24) is 9.97 Å². The highest BCUT2D eigenvalue weighted by Crippen LogP contribution is 2.43. The van der Waals surface area contributed by atoms with E-state index in [4.69, 9.17) is 21.1 Å². The van der Waals surface area contributed by atoms with Crippen LogP contribution in [-0.4, -0.2) is 29.7 Å². The third-order valence-corrected chi connectivity index (χ3v) is 6.83. The third kappa shape index (κ3) is 4.55. The van der Waals surface area contributed by atoms with Gasteiger partial charge in [-0.3, -0.25) is 4.79 Å². The number of morpholine rings is 1. The second-order valence-electron chi connectivity index (χ2n) is 8.97. The number of H-pyrrole nitrogens is 1. The molecule has 0 amide bonds. The number of anilines is 2. The summed E-state index contributed by atoms with van der Waals surface area (Å²) in [5.41, 5.74) is 5.91. The molecule has 36 heavy (non-hydrogen) atoms. The molecule has 2 aromatic carbocycles. The Labute approximate surface area is 213 Å². The van der Waals surface area contributed by atoms with E-state index in [2.05, 4.69) is 44.5 Å². The van der Waals surface area contributed by atoms with Crippen molar-refractivity contribution < 1.29 is 9.47 Å². The summed E-state index contributed by atoms with van der Waals surface area (Å²) in [5, 5.41) is 3.94. The predicted octanol–water partition coefficient (Wildman–Crippen LogP) is 5.31. The Kier molecular flexibility index (Phi) is 6.09. The number of rotatable bonds is 5. The Balaban J connectivity index is 1.21. The Morgan fingerprint density at radius 2 is 2.06 bits per heavy atom. The number of halogens is 1. The number of hydrogen-bond acceptors (Lipinski definition) is 6. The molecule has 6 rings (SSSR count). The number of nitrogens with zero attached hydrogens (tertiary/aromatic N) is 2. The Hall–Kier alpha value is -3.81. The second-order valence-corrected chi connectivity index (χ2v) is 9.35. The maximum atomic E-state index is 12.3. The van der Waals surface area contributed by atoms with Gasteiger partial charge in [0.15, 0.2) is 0 Å². The minimum atomic E-state index is -0.192. The fourth-order valence-corrected chi connectivity index (χ4v) is 5.04. The van der Waals surface area contributed by atoms with E-state index in [0.29, 0.717) is 37.1 Å². The van der Waals surface area contributed by atoms with Crippen LogP contribution in [0.2, 0.25) is 5.15 Å². The zero-order valence-electron chi connectivity index (χ0n) is 19.5. The number of aromatic nitrogens is 2. The van der Waals surface area contributed by atoms with Gasteiger partial charge in [-0.15, -0.1) is 0 Å². The molecule has 1 fully saturated rings. The molecule has 2 aliphatic rings. The fraction of sp³-hybridized carbons (Fsp3) is 0.214. The molecule has 0 aliphatic carbocycles. The number of hydrogen-bond donors (Lipinski definition) is 2. The maximum Gasteiger partial charge on any atom is 0.271 e. The molecule has 0 bridgehead atoms. The molecule has 1 atom stereocenters. The van der Waals surface area contributed by atoms with E-state index >= 15 is 0 Å². The van der Waals surface area contributed by atoms with Gasteiger partial charge in [0.25, 0.3) is 5.56 Å². The molecule has 4 aromatic rings. The number of nitrogens with one attached hydrogen (secondary N) is 2. The van der Waals surface area contributed by atoms with Crippen molar-refractivity contribution in [2.24, 2.45) is 0 Å². The van der Waals surface area contributed by atoms with Crippen LogP contribution in [0, 0.1) is 0 Å². The van der Waals surface area contributed by atoms with Crippen LogP contribution >= 0.6 is 11.6 Å². The van der Waals surface area contributed by atoms with Crippen molar-refractivity contribution in [3.63, 3.8) is 0 Å². The normalized spacial score (nSPS) is 16.6. The standard InChI is InChI=1S/C28H25ClN4O3/c29-26-13-18(8-10-30-26)16-32-21-6-7-24-20(15-21)14-19-3-1-4-22(27(19)36-24)25-17-33(11-12-35-25)23-5-2-9-31-28(23)34/h1-10,13,15,25,32H,11-12,14,16-17H2,(H,31,34). The number of para-hydroxylation sites is 1. The van der Waals surface area contributed by atoms with Crippen LogP contribution in [0.3, 0.4) is 0 Å². The van der Waals surface area contributed by atoms with Crippen LogP contribution in [0.1, 0.15) is 28.4 Å². The monoisotopic (exact) mass is 500 g/mol. The summed E-state index contributed by atoms with van der Waals surface area (Å²) in [4.78, 5) is 21.2. The Morgan fingerprint density at radius 3 is 2.94 bits per heavy atom. The summed E-state index contributed by atoms with van der Waals surface area (Å²) >= 11 is 6.00. The van der Waals surface area contributed by atoms with Crippen LogP contribution in [0.5, 0.6) is 11.5 Å². The molecule has 182 valence electrons. The quantitative estimate of drug-likeness (QED) is 0.318. The zero-order valence-corrected chi connectivity index (χ0v) is 20.3. The van der Waals surface area contributed by atoms with Gasteiger partial charge in [0, 0.05) is 55.3 Å². The fourth-order valence-electron chi connectivity index (χ4n) is 4.84. The smallest absolute Gasteiger partial charge is 0.271 e. The van der Waals surface area contributed by atoms with Crippen molar-refractivity contribution >= 4 is 23.0 Å². The number of ether oxygens (including phenoxy) is 2. The first-order chi connectivity index (χ1) is 17.6. The summed E-state index contributed by atoms with van der Waals surface area (Å²) in [6, 6.07) is 19.9. The summed E-state index contributed by atoms with van der Waals surface area (Å²) in [7, 11) is 0. The van der Waals surface area contributed by atoms with Crippen molar-refractivity contribution in [2.45, 2.75) is 19.1 Å². The summed E-state index contributed by atoms with van der Waals surface area (Å²) in [6.45, 7) is 2.45. The van der Waals surface area contributed by atoms with Crippen molar-refractivity contribution in [3.8, 4) is 11.5 Å². The second kappa shape index (κ2) is 9.68. The zero-order chi connectivity index (χ0) is 24.5. The van der Waals surface area contributed by atoms with Crippen LogP contribution in [-0.2, 0) is 17.7 Å². The van der Waals surface area contributed by atoms with Crippen LogP contribution in [0.25, 0.3) is 0 Å². The van der Waals surface area contributed by atoms with Crippen LogP contribution < -0.4 is 20.5 Å². The molecular formula is C28H25ClN4O3. The van der Waals surface area contributed by atoms with E-state index in [1.54, 1.807) is 12.4 Å². The number of benzene rings is 2. The molecule has 2 aromatic heterocycles. The lowest BCUT2D eigenvalue weighted by atomic mass is 9.95. The molecule has 4 heterocycles. The number of fused-ring (bicyclic) bond motifs is 2. The molecular weight excluding hydrogens is 476 g/mol. The molecule has 0 saturated carbocycles. The van der Waals surface area contributed by atoms with Gasteiger partial charge in [-0.1, -0.05) is 29.8 Å². The summed E-state index contributed by atoms with van der Waals surface area (Å²) < 4.78 is 12.6. The van der Waals surface area contributed by atoms with E-state index in [9.17, 15) is 4.79 Å². The summed E-state index contributed by atoms with van der Waals surface area (Å²) in [6.07, 6.45) is 3.94. The van der Waals surface area contributed by atoms with Gasteiger partial charge in [0.2, 0.25) is 0 Å². The van der Waals surface area contributed by atoms with Crippen molar-refractivity contribution in [2.75, 3.05) is 29.9 Å². The highest BCUT2D eigenvalue weighted by Gasteiger charge is 2.29. The van der Waals surface area contributed by atoms with E-state index in [1.165, 1.54) is 0 Å². The largest absolute Gasteiger partial charge is 0.456 e. The molecule has 7 nitrogen and oxygen atoms in total. The van der Waals surface area contributed by atoms with Gasteiger partial charge in [0.05, 0.1) is 6.61 Å². The van der Waals surface area contributed by atoms with E-state index < -0.39 is 0 Å². The lowest BCUT2D eigenvalue weighted by Crippen LogP contribution is -2.41. The SMILES string of the molecule is O=c1[nH]cccc1N1CCOC(c2cccc3c2Oc2ccc(NCc4ccnc(Cl)c4)cc2C3)C1. The molecule has 8 heteroatoms. The lowest BCUT2D eigenvalue weighted by molar-refractivity contribution is 0.0383. The van der Waals surface area contributed by atoms with Crippen molar-refractivity contribution in [3.05, 3.63) is 111 Å². The highest BCUT2D eigenvalue weighted by atomic mass is 35.5. The predicted molar refractivity (Wildman–Crippen MR) is 140 cm³/mol. The van der Waals surface area contributed by atoms with E-state index in [-0.39, 0.29) is 11.7 Å². The molecule has 1 unspecified atom stereocenters. The van der Waals surface area contributed by atoms with Crippen LogP contribution in [0.15, 0.2) is 77.9 Å². The van der Waals surface area contributed by atoms with Gasteiger partial charge in [-0.2, -0.15) is 0 Å². The van der Waals surface area contributed by atoms with Gasteiger partial charge in [-0.05, 0) is 53.6 Å². The van der Waals surface area contributed by atoms with Gasteiger partial charge in [-0.25, -0.2) is 4.98 Å². The Morgan fingerprint density at radius 1 is 1.11 bits per heavy atom. The number of pyridine rings is 2. The van der Waals surface area contributed by atoms with Crippen molar-refractivity contribution in [1.29, 1.82) is 0 Å². The van der Waals surface area contributed by atoms with Gasteiger partial charge < -0.3 is 24.7 Å². The highest BCUT2D eigenvalue weighted by molar-refractivity contribution is 6.29. The molecule has 2 aliphatic heterocycles. The van der Waals surface area contributed by atoms with Gasteiger partial charge >= 0.3 is 0 Å². The summed E-state index contributed by atoms with van der Waals surface area (Å²) in [5.74, 6) is 1.70. The molecule has 1 saturated heterocycles. The molecule has 0 spiro atoms. The first-order valence-electron chi connectivity index (χ1n) is 12.0. The third-order valence-electron chi connectivity index (χ3n) is 6.62. The maximum absolute atomic E-state index is 12.3. The first kappa shape index (κ1) is 22.6. The lowest BCUT2D eigenvalue weighted by Gasteiger charge is -2.35. The molecule has 0 radical (unpaired) electrons. The molecule has 2 N–H and O–H groups in total. The number of aromatic amines is 1.